The summed E-state index contributed by atoms with van der Waals surface area (Å²) in [6, 6.07) is 6.04. The summed E-state index contributed by atoms with van der Waals surface area (Å²) in [4.78, 5) is 23.0. The second-order valence-electron chi connectivity index (χ2n) is 9.52. The first-order valence-electron chi connectivity index (χ1n) is 12.7. The number of carbonyl (C=O) groups excluding carboxylic acids is 1. The summed E-state index contributed by atoms with van der Waals surface area (Å²) >= 11 is 14.9. The number of morpholine rings is 1. The van der Waals surface area contributed by atoms with Crippen LogP contribution < -0.4 is 4.90 Å². The number of fused-ring (bicyclic) bond motifs is 1. The number of aromatic nitrogens is 1. The van der Waals surface area contributed by atoms with Gasteiger partial charge >= 0.3 is 0 Å². The van der Waals surface area contributed by atoms with Crippen molar-refractivity contribution in [1.29, 1.82) is 0 Å². The van der Waals surface area contributed by atoms with Gasteiger partial charge in [-0.15, -0.1) is 11.3 Å². The number of aryl methyl sites for hydroxylation is 1. The van der Waals surface area contributed by atoms with Crippen LogP contribution in [0.15, 0.2) is 28.5 Å². The summed E-state index contributed by atoms with van der Waals surface area (Å²) in [5, 5.41) is 1.14. The van der Waals surface area contributed by atoms with Gasteiger partial charge in [0.1, 0.15) is 10.3 Å². The Kier molecular flexibility index (Phi) is 8.95. The highest BCUT2D eigenvalue weighted by Crippen LogP contribution is 2.37. The number of hydrogen-bond acceptors (Lipinski definition) is 8. The van der Waals surface area contributed by atoms with E-state index in [0.717, 1.165) is 59.6 Å². The number of rotatable bonds is 8. The smallest absolute Gasteiger partial charge is 0.253 e. The lowest BCUT2D eigenvalue weighted by atomic mass is 10.0. The Morgan fingerprint density at radius 2 is 1.92 bits per heavy atom. The Hall–Kier alpha value is -1.31. The summed E-state index contributed by atoms with van der Waals surface area (Å²) in [5.41, 5.74) is 1.74. The number of ether oxygens (including phenoxy) is 1. The van der Waals surface area contributed by atoms with Crippen molar-refractivity contribution in [2.24, 2.45) is 0 Å². The van der Waals surface area contributed by atoms with Crippen LogP contribution in [0.2, 0.25) is 9.36 Å². The minimum atomic E-state index is -3.87. The standard InChI is InChI=1S/C25H30Cl2N4O4S3/c1-17-6-7-18(26)23-22(17)28-25(37-23)30(11-4-10-29-13-15-35-16-14-29)24(32)19-5-2-3-12-31(19)38(33,34)21-9-8-20(27)36-21/h6-9,19H,2-5,10-16H2,1H3. The van der Waals surface area contributed by atoms with Gasteiger partial charge in [-0.3, -0.25) is 14.6 Å². The van der Waals surface area contributed by atoms with Crippen molar-refractivity contribution in [3.05, 3.63) is 39.2 Å². The van der Waals surface area contributed by atoms with Crippen LogP contribution in [0.25, 0.3) is 10.2 Å². The van der Waals surface area contributed by atoms with Crippen molar-refractivity contribution in [2.75, 3.05) is 50.8 Å². The van der Waals surface area contributed by atoms with E-state index in [-0.39, 0.29) is 10.1 Å². The molecule has 0 saturated carbocycles. The molecule has 1 amide bonds. The number of carbonyl (C=O) groups is 1. The summed E-state index contributed by atoms with van der Waals surface area (Å²) in [6.45, 7) is 6.65. The molecule has 0 radical (unpaired) electrons. The van der Waals surface area contributed by atoms with E-state index in [9.17, 15) is 13.2 Å². The van der Waals surface area contributed by atoms with Crippen LogP contribution in [0.4, 0.5) is 5.13 Å². The largest absolute Gasteiger partial charge is 0.379 e. The number of amides is 1. The van der Waals surface area contributed by atoms with Gasteiger partial charge in [0, 0.05) is 32.7 Å². The van der Waals surface area contributed by atoms with E-state index in [1.54, 1.807) is 11.0 Å². The zero-order valence-corrected chi connectivity index (χ0v) is 25.0. The van der Waals surface area contributed by atoms with E-state index in [4.69, 9.17) is 32.9 Å². The van der Waals surface area contributed by atoms with Gasteiger partial charge in [-0.1, -0.05) is 47.0 Å². The number of thiophene rings is 1. The molecule has 1 atom stereocenters. The zero-order valence-electron chi connectivity index (χ0n) is 21.1. The SMILES string of the molecule is Cc1ccc(Cl)c2sc(N(CCCN3CCOCC3)C(=O)C3CCCCN3S(=O)(=O)c3ccc(Cl)s3)nc12. The second-order valence-corrected chi connectivity index (χ2v) is 14.7. The number of thiazole rings is 1. The molecule has 2 saturated heterocycles. The van der Waals surface area contributed by atoms with Crippen molar-refractivity contribution in [3.8, 4) is 0 Å². The average molecular weight is 618 g/mol. The Bertz CT molecular complexity index is 1370. The van der Waals surface area contributed by atoms with Crippen molar-refractivity contribution >= 4 is 77.2 Å². The Morgan fingerprint density at radius 1 is 1.13 bits per heavy atom. The lowest BCUT2D eigenvalue weighted by molar-refractivity contribution is -0.123. The summed E-state index contributed by atoms with van der Waals surface area (Å²) in [7, 11) is -3.87. The number of anilines is 1. The summed E-state index contributed by atoms with van der Waals surface area (Å²) in [5.74, 6) is -0.245. The molecule has 0 spiro atoms. The molecule has 2 fully saturated rings. The van der Waals surface area contributed by atoms with Crippen LogP contribution in [-0.2, 0) is 19.6 Å². The topological polar surface area (TPSA) is 83.0 Å². The van der Waals surface area contributed by atoms with E-state index >= 15 is 0 Å². The van der Waals surface area contributed by atoms with Crippen LogP contribution in [-0.4, -0.2) is 80.5 Å². The fourth-order valence-electron chi connectivity index (χ4n) is 4.95. The Morgan fingerprint density at radius 3 is 2.63 bits per heavy atom. The Labute approximate surface area is 241 Å². The van der Waals surface area contributed by atoms with Crippen LogP contribution in [0.1, 0.15) is 31.2 Å². The quantitative estimate of drug-likeness (QED) is 0.343. The minimum absolute atomic E-state index is 0.156. The van der Waals surface area contributed by atoms with Gasteiger partial charge in [-0.2, -0.15) is 4.31 Å². The molecule has 13 heteroatoms. The van der Waals surface area contributed by atoms with Gasteiger partial charge in [0.05, 0.1) is 32.8 Å². The van der Waals surface area contributed by atoms with E-state index in [0.29, 0.717) is 53.6 Å². The van der Waals surface area contributed by atoms with E-state index < -0.39 is 16.1 Å². The Balaban J connectivity index is 1.46. The molecule has 3 aromatic rings. The summed E-state index contributed by atoms with van der Waals surface area (Å²) < 4.78 is 35.4. The third-order valence-corrected chi connectivity index (χ3v) is 12.1. The van der Waals surface area contributed by atoms with Gasteiger partial charge in [-0.25, -0.2) is 13.4 Å². The zero-order chi connectivity index (χ0) is 26.9. The van der Waals surface area contributed by atoms with Crippen LogP contribution in [0, 0.1) is 6.92 Å². The predicted molar refractivity (Wildman–Crippen MR) is 154 cm³/mol. The highest BCUT2D eigenvalue weighted by atomic mass is 35.5. The molecule has 2 aliphatic heterocycles. The predicted octanol–water partition coefficient (Wildman–Crippen LogP) is 5.27. The molecule has 1 aromatic carbocycles. The van der Waals surface area contributed by atoms with Crippen LogP contribution in [0.5, 0.6) is 0 Å². The molecule has 38 heavy (non-hydrogen) atoms. The second kappa shape index (κ2) is 12.1. The van der Waals surface area contributed by atoms with Gasteiger partial charge in [0.15, 0.2) is 5.13 Å². The molecule has 2 aromatic heterocycles. The van der Waals surface area contributed by atoms with Crippen molar-refractivity contribution in [3.63, 3.8) is 0 Å². The normalized spacial score (nSPS) is 19.7. The number of nitrogens with zero attached hydrogens (tertiary/aromatic N) is 4. The van der Waals surface area contributed by atoms with Gasteiger partial charge in [-0.05, 0) is 49.9 Å². The number of benzene rings is 1. The molecule has 8 nitrogen and oxygen atoms in total. The fourth-order valence-corrected chi connectivity index (χ4v) is 9.57. The molecule has 4 heterocycles. The first-order chi connectivity index (χ1) is 18.3. The highest BCUT2D eigenvalue weighted by Gasteiger charge is 2.41. The third kappa shape index (κ3) is 5.90. The van der Waals surface area contributed by atoms with Crippen LogP contribution in [0.3, 0.4) is 0 Å². The number of piperidine rings is 1. The molecule has 1 unspecified atom stereocenters. The van der Waals surface area contributed by atoms with Crippen molar-refractivity contribution in [2.45, 2.75) is 42.9 Å². The van der Waals surface area contributed by atoms with Gasteiger partial charge in [0.2, 0.25) is 5.91 Å². The fraction of sp³-hybridized carbons (Fsp3) is 0.520. The van der Waals surface area contributed by atoms with E-state index in [2.05, 4.69) is 4.90 Å². The first-order valence-corrected chi connectivity index (χ1v) is 16.5. The molecule has 0 N–H and O–H groups in total. The van der Waals surface area contributed by atoms with Crippen molar-refractivity contribution in [1.82, 2.24) is 14.2 Å². The molecule has 2 aliphatic rings. The van der Waals surface area contributed by atoms with E-state index in [1.807, 2.05) is 19.1 Å². The maximum atomic E-state index is 14.2. The maximum Gasteiger partial charge on any atom is 0.253 e. The molecule has 0 aliphatic carbocycles. The summed E-state index contributed by atoms with van der Waals surface area (Å²) in [6.07, 6.45) is 2.67. The first kappa shape index (κ1) is 28.2. The maximum absolute atomic E-state index is 14.2. The number of halogens is 2. The lowest BCUT2D eigenvalue weighted by Gasteiger charge is -2.36. The third-order valence-electron chi connectivity index (χ3n) is 6.99. The molecule has 206 valence electrons. The lowest BCUT2D eigenvalue weighted by Crippen LogP contribution is -2.53. The van der Waals surface area contributed by atoms with Gasteiger partial charge in [0.25, 0.3) is 10.0 Å². The number of sulfonamides is 1. The average Bonchev–Trinajstić information content (AvgIpc) is 3.57. The molecular weight excluding hydrogens is 587 g/mol. The number of hydrogen-bond donors (Lipinski definition) is 0. The van der Waals surface area contributed by atoms with Crippen LogP contribution >= 0.6 is 45.9 Å². The molecular formula is C25H30Cl2N4O4S3. The van der Waals surface area contributed by atoms with E-state index in [1.165, 1.54) is 21.7 Å². The molecule has 0 bridgehead atoms. The minimum Gasteiger partial charge on any atom is -0.379 e. The monoisotopic (exact) mass is 616 g/mol. The van der Waals surface area contributed by atoms with Crippen molar-refractivity contribution < 1.29 is 17.9 Å². The van der Waals surface area contributed by atoms with Gasteiger partial charge < -0.3 is 4.74 Å². The highest BCUT2D eigenvalue weighted by molar-refractivity contribution is 7.91. The molecule has 5 rings (SSSR count).